The summed E-state index contributed by atoms with van der Waals surface area (Å²) in [6.07, 6.45) is 8.68. The van der Waals surface area contributed by atoms with Crippen molar-refractivity contribution in [3.63, 3.8) is 0 Å². The molecule has 2 fully saturated rings. The van der Waals surface area contributed by atoms with Crippen LogP contribution < -0.4 is 4.90 Å². The SMILES string of the molecule is Cc1cc(C)n2nc(/C=C/c3nc(N4CCCC4)nn3C3CC3)nc2n1. The quantitative estimate of drug-likeness (QED) is 0.719. The number of aromatic nitrogens is 7. The highest BCUT2D eigenvalue weighted by Gasteiger charge is 2.29. The van der Waals surface area contributed by atoms with E-state index in [-0.39, 0.29) is 0 Å². The molecule has 134 valence electrons. The first kappa shape index (κ1) is 15.5. The first-order chi connectivity index (χ1) is 12.7. The van der Waals surface area contributed by atoms with Crippen LogP contribution in [0.25, 0.3) is 17.9 Å². The molecule has 1 aliphatic heterocycles. The van der Waals surface area contributed by atoms with E-state index in [1.54, 1.807) is 4.52 Å². The highest BCUT2D eigenvalue weighted by molar-refractivity contribution is 5.64. The molecule has 0 bridgehead atoms. The molecular weight excluding hydrogens is 328 g/mol. The Morgan fingerprint density at radius 1 is 1.00 bits per heavy atom. The zero-order chi connectivity index (χ0) is 17.7. The predicted octanol–water partition coefficient (Wildman–Crippen LogP) is 2.44. The average Bonchev–Trinajstić information content (AvgIpc) is 3.02. The molecule has 4 heterocycles. The van der Waals surface area contributed by atoms with E-state index in [4.69, 9.17) is 10.1 Å². The number of aryl methyl sites for hydroxylation is 2. The van der Waals surface area contributed by atoms with Gasteiger partial charge in [-0.05, 0) is 57.7 Å². The van der Waals surface area contributed by atoms with Gasteiger partial charge in [-0.25, -0.2) is 14.2 Å². The zero-order valence-corrected chi connectivity index (χ0v) is 15.1. The summed E-state index contributed by atoms with van der Waals surface area (Å²) in [5.74, 6) is 3.00. The van der Waals surface area contributed by atoms with Gasteiger partial charge in [0.15, 0.2) is 11.6 Å². The van der Waals surface area contributed by atoms with Crippen molar-refractivity contribution in [3.05, 3.63) is 29.1 Å². The standard InChI is InChI=1S/C18H22N8/c1-12-11-13(2)25-17(19-12)20-15(22-25)7-8-16-21-18(24-9-3-4-10-24)23-26(16)14-5-6-14/h7-8,11,14H,3-6,9-10H2,1-2H3/b8-7+. The van der Waals surface area contributed by atoms with E-state index in [1.807, 2.05) is 32.1 Å². The Morgan fingerprint density at radius 2 is 1.81 bits per heavy atom. The second kappa shape index (κ2) is 5.89. The molecule has 0 N–H and O–H groups in total. The molecule has 0 atom stereocenters. The van der Waals surface area contributed by atoms with Crippen molar-refractivity contribution in [2.75, 3.05) is 18.0 Å². The van der Waals surface area contributed by atoms with Gasteiger partial charge < -0.3 is 4.90 Å². The van der Waals surface area contributed by atoms with Crippen LogP contribution >= 0.6 is 0 Å². The zero-order valence-electron chi connectivity index (χ0n) is 15.1. The third kappa shape index (κ3) is 2.75. The van der Waals surface area contributed by atoms with E-state index in [2.05, 4.69) is 24.6 Å². The van der Waals surface area contributed by atoms with Crippen molar-refractivity contribution >= 4 is 23.9 Å². The Hall–Kier alpha value is -2.77. The van der Waals surface area contributed by atoms with Crippen molar-refractivity contribution < 1.29 is 0 Å². The summed E-state index contributed by atoms with van der Waals surface area (Å²) < 4.78 is 3.83. The summed E-state index contributed by atoms with van der Waals surface area (Å²) in [5.41, 5.74) is 1.97. The highest BCUT2D eigenvalue weighted by atomic mass is 15.4. The van der Waals surface area contributed by atoms with E-state index in [1.165, 1.54) is 25.7 Å². The van der Waals surface area contributed by atoms with Gasteiger partial charge in [0.1, 0.15) is 0 Å². The summed E-state index contributed by atoms with van der Waals surface area (Å²) >= 11 is 0. The van der Waals surface area contributed by atoms with Gasteiger partial charge in [0.2, 0.25) is 5.95 Å². The lowest BCUT2D eigenvalue weighted by molar-refractivity contribution is 0.631. The number of hydrogen-bond donors (Lipinski definition) is 0. The van der Waals surface area contributed by atoms with Crippen molar-refractivity contribution in [2.24, 2.45) is 0 Å². The molecule has 1 saturated heterocycles. The summed E-state index contributed by atoms with van der Waals surface area (Å²) in [5, 5.41) is 9.29. The molecular formula is C18H22N8. The van der Waals surface area contributed by atoms with Gasteiger partial charge >= 0.3 is 0 Å². The van der Waals surface area contributed by atoms with Gasteiger partial charge in [0, 0.05) is 24.5 Å². The second-order valence-corrected chi connectivity index (χ2v) is 7.19. The molecule has 0 amide bonds. The third-order valence-electron chi connectivity index (χ3n) is 4.94. The Kier molecular flexibility index (Phi) is 3.51. The molecule has 1 saturated carbocycles. The Balaban J connectivity index is 1.47. The Bertz CT molecular complexity index is 988. The molecule has 8 nitrogen and oxygen atoms in total. The van der Waals surface area contributed by atoms with Crippen LogP contribution in [-0.4, -0.2) is 47.4 Å². The average molecular weight is 350 g/mol. The fraction of sp³-hybridized carbons (Fsp3) is 0.500. The molecule has 5 rings (SSSR count). The molecule has 0 radical (unpaired) electrons. The minimum atomic E-state index is 0.485. The van der Waals surface area contributed by atoms with Crippen LogP contribution in [0.3, 0.4) is 0 Å². The lowest BCUT2D eigenvalue weighted by Gasteiger charge is -2.10. The van der Waals surface area contributed by atoms with Gasteiger partial charge in [-0.2, -0.15) is 9.97 Å². The van der Waals surface area contributed by atoms with Crippen LogP contribution in [0.4, 0.5) is 5.95 Å². The summed E-state index contributed by atoms with van der Waals surface area (Å²) in [7, 11) is 0. The smallest absolute Gasteiger partial charge is 0.253 e. The second-order valence-electron chi connectivity index (χ2n) is 7.19. The molecule has 1 aliphatic carbocycles. The van der Waals surface area contributed by atoms with Gasteiger partial charge in [-0.1, -0.05) is 0 Å². The maximum atomic E-state index is 4.77. The molecule has 3 aromatic rings. The number of anilines is 1. The number of hydrogen-bond acceptors (Lipinski definition) is 6. The third-order valence-corrected chi connectivity index (χ3v) is 4.94. The van der Waals surface area contributed by atoms with Crippen LogP contribution in [0, 0.1) is 13.8 Å². The molecule has 0 unspecified atom stereocenters. The predicted molar refractivity (Wildman–Crippen MR) is 98.9 cm³/mol. The fourth-order valence-corrected chi connectivity index (χ4v) is 3.48. The first-order valence-electron chi connectivity index (χ1n) is 9.28. The fourth-order valence-electron chi connectivity index (χ4n) is 3.48. The molecule has 3 aromatic heterocycles. The van der Waals surface area contributed by atoms with Crippen molar-refractivity contribution in [3.8, 4) is 0 Å². The first-order valence-corrected chi connectivity index (χ1v) is 9.28. The minimum absolute atomic E-state index is 0.485. The van der Waals surface area contributed by atoms with E-state index in [0.29, 0.717) is 17.6 Å². The van der Waals surface area contributed by atoms with Crippen molar-refractivity contribution in [1.29, 1.82) is 0 Å². The number of rotatable bonds is 4. The number of nitrogens with zero attached hydrogens (tertiary/aromatic N) is 8. The minimum Gasteiger partial charge on any atom is -0.340 e. The van der Waals surface area contributed by atoms with E-state index < -0.39 is 0 Å². The maximum absolute atomic E-state index is 4.77. The maximum Gasteiger partial charge on any atom is 0.253 e. The van der Waals surface area contributed by atoms with E-state index >= 15 is 0 Å². The largest absolute Gasteiger partial charge is 0.340 e. The summed E-state index contributed by atoms with van der Waals surface area (Å²) in [4.78, 5) is 16.0. The van der Waals surface area contributed by atoms with Crippen LogP contribution in [0.5, 0.6) is 0 Å². The van der Waals surface area contributed by atoms with Gasteiger partial charge in [0.05, 0.1) is 6.04 Å². The topological polar surface area (TPSA) is 77.0 Å². The molecule has 0 aromatic carbocycles. The van der Waals surface area contributed by atoms with Crippen LogP contribution in [0.2, 0.25) is 0 Å². The summed E-state index contributed by atoms with van der Waals surface area (Å²) in [6, 6.07) is 2.49. The van der Waals surface area contributed by atoms with Crippen molar-refractivity contribution in [1.82, 2.24) is 34.3 Å². The molecule has 0 spiro atoms. The monoisotopic (exact) mass is 350 g/mol. The number of fused-ring (bicyclic) bond motifs is 1. The Morgan fingerprint density at radius 3 is 2.58 bits per heavy atom. The molecule has 8 heteroatoms. The normalized spacial score (nSPS) is 17.8. The lowest BCUT2D eigenvalue weighted by Crippen LogP contribution is -2.19. The van der Waals surface area contributed by atoms with Gasteiger partial charge in [-0.3, -0.25) is 0 Å². The Labute approximate surface area is 151 Å². The summed E-state index contributed by atoms with van der Waals surface area (Å²) in [6.45, 7) is 6.08. The highest BCUT2D eigenvalue weighted by Crippen LogP contribution is 2.36. The van der Waals surface area contributed by atoms with Crippen LogP contribution in [0.1, 0.15) is 54.8 Å². The van der Waals surface area contributed by atoms with Crippen LogP contribution in [0.15, 0.2) is 6.07 Å². The molecule has 26 heavy (non-hydrogen) atoms. The van der Waals surface area contributed by atoms with Gasteiger partial charge in [-0.15, -0.1) is 10.2 Å². The van der Waals surface area contributed by atoms with E-state index in [9.17, 15) is 0 Å². The van der Waals surface area contributed by atoms with Crippen molar-refractivity contribution in [2.45, 2.75) is 45.6 Å². The lowest BCUT2D eigenvalue weighted by atomic mass is 10.4. The molecule has 2 aliphatic rings. The van der Waals surface area contributed by atoms with E-state index in [0.717, 1.165) is 36.3 Å². The van der Waals surface area contributed by atoms with Crippen LogP contribution in [-0.2, 0) is 0 Å². The van der Waals surface area contributed by atoms with Gasteiger partial charge in [0.25, 0.3) is 5.78 Å².